The maximum Gasteiger partial charge on any atom is 0.124 e. The molecule has 0 aromatic heterocycles. The van der Waals surface area contributed by atoms with Gasteiger partial charge in [0.2, 0.25) is 0 Å². The largest absolute Gasteiger partial charge is 0.493 e. The van der Waals surface area contributed by atoms with Crippen molar-refractivity contribution in [2.45, 2.75) is 38.8 Å². The maximum absolute atomic E-state index is 5.78. The van der Waals surface area contributed by atoms with Crippen molar-refractivity contribution in [3.8, 4) is 5.75 Å². The molecule has 0 bridgehead atoms. The van der Waals surface area contributed by atoms with Gasteiger partial charge in [-0.3, -0.25) is 0 Å². The topological polar surface area (TPSA) is 21.3 Å². The summed E-state index contributed by atoms with van der Waals surface area (Å²) < 4.78 is 5.78. The first kappa shape index (κ1) is 11.1. The van der Waals surface area contributed by atoms with Gasteiger partial charge in [0.25, 0.3) is 0 Å². The first-order valence-electron chi connectivity index (χ1n) is 6.72. The maximum atomic E-state index is 5.78. The fourth-order valence-electron chi connectivity index (χ4n) is 3.04. The SMILES string of the molecule is CC1CC(NC2c3ccccc3OCC2C)C1. The van der Waals surface area contributed by atoms with Crippen molar-refractivity contribution in [3.63, 3.8) is 0 Å². The summed E-state index contributed by atoms with van der Waals surface area (Å²) in [5.41, 5.74) is 1.34. The molecule has 2 heteroatoms. The van der Waals surface area contributed by atoms with E-state index >= 15 is 0 Å². The second-order valence-corrected chi connectivity index (χ2v) is 5.74. The first-order valence-corrected chi connectivity index (χ1v) is 6.72. The molecule has 1 heterocycles. The van der Waals surface area contributed by atoms with E-state index in [9.17, 15) is 0 Å². The van der Waals surface area contributed by atoms with Crippen LogP contribution in [0.1, 0.15) is 38.3 Å². The third kappa shape index (κ3) is 2.06. The molecule has 0 radical (unpaired) electrons. The summed E-state index contributed by atoms with van der Waals surface area (Å²) in [7, 11) is 0. The zero-order valence-corrected chi connectivity index (χ0v) is 10.6. The Morgan fingerprint density at radius 3 is 2.71 bits per heavy atom. The van der Waals surface area contributed by atoms with Gasteiger partial charge in [0.15, 0.2) is 0 Å². The van der Waals surface area contributed by atoms with Crippen LogP contribution in [0.2, 0.25) is 0 Å². The van der Waals surface area contributed by atoms with E-state index in [0.717, 1.165) is 18.3 Å². The normalized spacial score (nSPS) is 35.6. The van der Waals surface area contributed by atoms with E-state index in [0.29, 0.717) is 18.0 Å². The molecule has 1 aliphatic carbocycles. The Kier molecular flexibility index (Phi) is 2.83. The van der Waals surface area contributed by atoms with Crippen molar-refractivity contribution in [2.75, 3.05) is 6.61 Å². The van der Waals surface area contributed by atoms with Gasteiger partial charge in [-0.1, -0.05) is 32.0 Å². The second kappa shape index (κ2) is 4.34. The molecule has 17 heavy (non-hydrogen) atoms. The lowest BCUT2D eigenvalue weighted by Gasteiger charge is -2.40. The average Bonchev–Trinajstić information content (AvgIpc) is 2.30. The molecule has 92 valence electrons. The lowest BCUT2D eigenvalue weighted by molar-refractivity contribution is 0.148. The van der Waals surface area contributed by atoms with Gasteiger partial charge in [0, 0.05) is 23.6 Å². The Labute approximate surface area is 103 Å². The minimum atomic E-state index is 0.470. The van der Waals surface area contributed by atoms with E-state index in [2.05, 4.69) is 43.4 Å². The van der Waals surface area contributed by atoms with Crippen molar-refractivity contribution in [1.29, 1.82) is 0 Å². The van der Waals surface area contributed by atoms with Gasteiger partial charge in [-0.25, -0.2) is 0 Å². The Morgan fingerprint density at radius 1 is 1.18 bits per heavy atom. The highest BCUT2D eigenvalue weighted by Gasteiger charge is 2.33. The van der Waals surface area contributed by atoms with Crippen LogP contribution in [0, 0.1) is 11.8 Å². The highest BCUT2D eigenvalue weighted by atomic mass is 16.5. The Balaban J connectivity index is 1.78. The predicted octanol–water partition coefficient (Wildman–Crippen LogP) is 3.14. The van der Waals surface area contributed by atoms with Gasteiger partial charge in [0.05, 0.1) is 6.61 Å². The van der Waals surface area contributed by atoms with Crippen LogP contribution < -0.4 is 10.1 Å². The molecule has 3 rings (SSSR count). The number of nitrogens with one attached hydrogen (secondary N) is 1. The summed E-state index contributed by atoms with van der Waals surface area (Å²) in [6, 6.07) is 9.63. The fourth-order valence-corrected chi connectivity index (χ4v) is 3.04. The minimum Gasteiger partial charge on any atom is -0.493 e. The Hall–Kier alpha value is -1.02. The summed E-state index contributed by atoms with van der Waals surface area (Å²) in [5, 5.41) is 3.81. The molecule has 2 aliphatic rings. The number of ether oxygens (including phenoxy) is 1. The van der Waals surface area contributed by atoms with E-state index in [1.807, 2.05) is 0 Å². The first-order chi connectivity index (χ1) is 8.24. The van der Waals surface area contributed by atoms with Gasteiger partial charge in [0.1, 0.15) is 5.75 Å². The number of hydrogen-bond acceptors (Lipinski definition) is 2. The summed E-state index contributed by atoms with van der Waals surface area (Å²) in [6.45, 7) is 5.44. The zero-order chi connectivity index (χ0) is 11.8. The fraction of sp³-hybridized carbons (Fsp3) is 0.600. The molecule has 0 spiro atoms. The zero-order valence-electron chi connectivity index (χ0n) is 10.6. The number of benzene rings is 1. The standard InChI is InChI=1S/C15H21NO/c1-10-7-12(8-10)16-15-11(2)9-17-14-6-4-3-5-13(14)15/h3-6,10-12,15-16H,7-9H2,1-2H3. The predicted molar refractivity (Wildman–Crippen MR) is 69.2 cm³/mol. The molecule has 1 aromatic rings. The van der Waals surface area contributed by atoms with E-state index in [4.69, 9.17) is 4.74 Å². The highest BCUT2D eigenvalue weighted by Crippen LogP contribution is 2.37. The van der Waals surface area contributed by atoms with Crippen LogP contribution >= 0.6 is 0 Å². The number of fused-ring (bicyclic) bond motifs is 1. The molecule has 1 aliphatic heterocycles. The Morgan fingerprint density at radius 2 is 1.94 bits per heavy atom. The van der Waals surface area contributed by atoms with Crippen molar-refractivity contribution in [2.24, 2.45) is 11.8 Å². The third-order valence-electron chi connectivity index (χ3n) is 4.11. The van der Waals surface area contributed by atoms with Crippen molar-refractivity contribution >= 4 is 0 Å². The smallest absolute Gasteiger partial charge is 0.124 e. The third-order valence-corrected chi connectivity index (χ3v) is 4.11. The minimum absolute atomic E-state index is 0.470. The summed E-state index contributed by atoms with van der Waals surface area (Å²) in [5.74, 6) is 2.52. The summed E-state index contributed by atoms with van der Waals surface area (Å²) >= 11 is 0. The molecule has 2 nitrogen and oxygen atoms in total. The molecular formula is C15H21NO. The summed E-state index contributed by atoms with van der Waals surface area (Å²) in [4.78, 5) is 0. The van der Waals surface area contributed by atoms with Crippen molar-refractivity contribution in [3.05, 3.63) is 29.8 Å². The monoisotopic (exact) mass is 231 g/mol. The van der Waals surface area contributed by atoms with Crippen LogP contribution in [-0.4, -0.2) is 12.6 Å². The Bertz CT molecular complexity index is 398. The molecule has 2 atom stereocenters. The van der Waals surface area contributed by atoms with Crippen molar-refractivity contribution in [1.82, 2.24) is 5.32 Å². The van der Waals surface area contributed by atoms with Crippen LogP contribution in [0.3, 0.4) is 0 Å². The molecule has 1 aromatic carbocycles. The van der Waals surface area contributed by atoms with Gasteiger partial charge in [-0.15, -0.1) is 0 Å². The van der Waals surface area contributed by atoms with Gasteiger partial charge >= 0.3 is 0 Å². The van der Waals surface area contributed by atoms with Crippen LogP contribution in [0.5, 0.6) is 5.75 Å². The number of hydrogen-bond donors (Lipinski definition) is 1. The molecule has 2 unspecified atom stereocenters. The van der Waals surface area contributed by atoms with Crippen LogP contribution in [0.15, 0.2) is 24.3 Å². The quantitative estimate of drug-likeness (QED) is 0.844. The van der Waals surface area contributed by atoms with Crippen molar-refractivity contribution < 1.29 is 4.74 Å². The lowest BCUT2D eigenvalue weighted by Crippen LogP contribution is -2.45. The van der Waals surface area contributed by atoms with Gasteiger partial charge in [-0.2, -0.15) is 0 Å². The van der Waals surface area contributed by atoms with E-state index < -0.39 is 0 Å². The molecule has 1 fully saturated rings. The van der Waals surface area contributed by atoms with Gasteiger partial charge in [-0.05, 0) is 24.8 Å². The van der Waals surface area contributed by atoms with Crippen LogP contribution in [0.4, 0.5) is 0 Å². The number of para-hydroxylation sites is 1. The van der Waals surface area contributed by atoms with Crippen LogP contribution in [0.25, 0.3) is 0 Å². The van der Waals surface area contributed by atoms with E-state index in [-0.39, 0.29) is 0 Å². The molecule has 0 amide bonds. The lowest BCUT2D eigenvalue weighted by atomic mass is 9.80. The number of rotatable bonds is 2. The highest BCUT2D eigenvalue weighted by molar-refractivity contribution is 5.38. The van der Waals surface area contributed by atoms with Crippen LogP contribution in [-0.2, 0) is 0 Å². The summed E-state index contributed by atoms with van der Waals surface area (Å²) in [6.07, 6.45) is 2.65. The molecule has 1 saturated carbocycles. The second-order valence-electron chi connectivity index (χ2n) is 5.74. The average molecular weight is 231 g/mol. The van der Waals surface area contributed by atoms with Gasteiger partial charge < -0.3 is 10.1 Å². The molecule has 0 saturated heterocycles. The van der Waals surface area contributed by atoms with E-state index in [1.165, 1.54) is 18.4 Å². The van der Waals surface area contributed by atoms with E-state index in [1.54, 1.807) is 0 Å². The molecule has 1 N–H and O–H groups in total. The molecular weight excluding hydrogens is 210 g/mol.